The maximum Gasteiger partial charge on any atom is 0.333 e. The summed E-state index contributed by atoms with van der Waals surface area (Å²) in [4.78, 5) is 10.5. The first-order chi connectivity index (χ1) is 5.13. The number of nitrogens with zero attached hydrogens (tertiary/aromatic N) is 1. The topological polar surface area (TPSA) is 66.6 Å². The van der Waals surface area contributed by atoms with Crippen molar-refractivity contribution in [3.8, 4) is 0 Å². The van der Waals surface area contributed by atoms with Gasteiger partial charge in [-0.3, -0.25) is 5.01 Å². The van der Waals surface area contributed by atoms with Crippen molar-refractivity contribution in [2.45, 2.75) is 6.04 Å². The molecule has 0 radical (unpaired) electrons. The van der Waals surface area contributed by atoms with E-state index in [1.165, 1.54) is 12.3 Å². The highest BCUT2D eigenvalue weighted by Crippen LogP contribution is 2.16. The fraction of sp³-hybridized carbons (Fsp3) is 0.167. The third-order valence-corrected chi connectivity index (χ3v) is 1.64. The second kappa shape index (κ2) is 2.94. The Bertz CT molecular complexity index is 237. The largest absolute Gasteiger partial charge is 0.479 e. The Morgan fingerprint density at radius 1 is 1.82 bits per heavy atom. The van der Waals surface area contributed by atoms with Crippen LogP contribution in [0, 0.1) is 0 Å². The lowest BCUT2D eigenvalue weighted by Gasteiger charge is -2.23. The molecule has 60 valence electrons. The van der Waals surface area contributed by atoms with Gasteiger partial charge in [0.1, 0.15) is 0 Å². The fourth-order valence-electron chi connectivity index (χ4n) is 0.799. The first kappa shape index (κ1) is 8.10. The Labute approximate surface area is 68.5 Å². The summed E-state index contributed by atoms with van der Waals surface area (Å²) in [5, 5.41) is 9.86. The van der Waals surface area contributed by atoms with Crippen molar-refractivity contribution < 1.29 is 9.90 Å². The molecule has 4 nitrogen and oxygen atoms in total. The molecule has 1 aliphatic rings. The molecule has 0 aliphatic carbocycles. The second-order valence-corrected chi connectivity index (χ2v) is 2.52. The number of allylic oxidation sites excluding steroid dienone is 2. The van der Waals surface area contributed by atoms with Crippen LogP contribution in [0.5, 0.6) is 0 Å². The molecule has 5 heteroatoms. The summed E-state index contributed by atoms with van der Waals surface area (Å²) in [5.41, 5.74) is 0. The van der Waals surface area contributed by atoms with Crippen molar-refractivity contribution >= 4 is 17.6 Å². The normalized spacial score (nSPS) is 23.3. The highest BCUT2D eigenvalue weighted by atomic mass is 35.5. The van der Waals surface area contributed by atoms with E-state index in [1.54, 1.807) is 6.08 Å². The van der Waals surface area contributed by atoms with Crippen LogP contribution in [0.2, 0.25) is 0 Å². The van der Waals surface area contributed by atoms with Crippen molar-refractivity contribution in [3.05, 3.63) is 23.4 Å². The zero-order chi connectivity index (χ0) is 8.43. The zero-order valence-corrected chi connectivity index (χ0v) is 6.32. The first-order valence-corrected chi connectivity index (χ1v) is 3.30. The average Bonchev–Trinajstić information content (AvgIpc) is 1.85. The van der Waals surface area contributed by atoms with E-state index >= 15 is 0 Å². The molecule has 0 bridgehead atoms. The van der Waals surface area contributed by atoms with Gasteiger partial charge in [-0.15, -0.1) is 0 Å². The van der Waals surface area contributed by atoms with Gasteiger partial charge in [0.15, 0.2) is 6.04 Å². The van der Waals surface area contributed by atoms with E-state index in [0.29, 0.717) is 0 Å². The van der Waals surface area contributed by atoms with Gasteiger partial charge in [0.2, 0.25) is 0 Å². The summed E-state index contributed by atoms with van der Waals surface area (Å²) < 4.78 is 0. The molecule has 1 heterocycles. The predicted molar refractivity (Wildman–Crippen MR) is 40.5 cm³/mol. The minimum Gasteiger partial charge on any atom is -0.479 e. The molecule has 1 atom stereocenters. The van der Waals surface area contributed by atoms with Crippen LogP contribution >= 0.6 is 11.6 Å². The van der Waals surface area contributed by atoms with Gasteiger partial charge in [0, 0.05) is 6.20 Å². The van der Waals surface area contributed by atoms with Gasteiger partial charge in [-0.1, -0.05) is 11.6 Å². The van der Waals surface area contributed by atoms with E-state index in [4.69, 9.17) is 22.6 Å². The van der Waals surface area contributed by atoms with E-state index < -0.39 is 12.0 Å². The van der Waals surface area contributed by atoms with Crippen LogP contribution in [0.1, 0.15) is 0 Å². The molecule has 0 amide bonds. The van der Waals surface area contributed by atoms with Gasteiger partial charge in [-0.05, 0) is 12.2 Å². The lowest BCUT2D eigenvalue weighted by atomic mass is 10.2. The maximum absolute atomic E-state index is 10.5. The van der Waals surface area contributed by atoms with Gasteiger partial charge in [0.25, 0.3) is 0 Å². The van der Waals surface area contributed by atoms with E-state index in [0.717, 1.165) is 5.01 Å². The summed E-state index contributed by atoms with van der Waals surface area (Å²) in [7, 11) is 0. The third kappa shape index (κ3) is 1.53. The number of carboxylic acid groups (broad SMARTS) is 1. The Kier molecular flexibility index (Phi) is 2.16. The van der Waals surface area contributed by atoms with Crippen LogP contribution in [0.3, 0.4) is 0 Å². The van der Waals surface area contributed by atoms with Crippen molar-refractivity contribution in [1.29, 1.82) is 0 Å². The number of hydrazine groups is 1. The molecular formula is C6H7ClN2O2. The number of rotatable bonds is 1. The van der Waals surface area contributed by atoms with Crippen LogP contribution in [0.15, 0.2) is 23.4 Å². The molecule has 0 fully saturated rings. The van der Waals surface area contributed by atoms with Crippen molar-refractivity contribution in [1.82, 2.24) is 5.01 Å². The third-order valence-electron chi connectivity index (χ3n) is 1.31. The zero-order valence-electron chi connectivity index (χ0n) is 5.57. The monoisotopic (exact) mass is 174 g/mol. The summed E-state index contributed by atoms with van der Waals surface area (Å²) in [5.74, 6) is 4.25. The highest BCUT2D eigenvalue weighted by molar-refractivity contribution is 6.32. The Morgan fingerprint density at radius 3 is 2.82 bits per heavy atom. The average molecular weight is 175 g/mol. The standard InChI is InChI=1S/C6H7ClN2O2/c7-4-2-1-3-9(8)5(4)6(10)11/h1-3,5H,8H2,(H,10,11). The predicted octanol–water partition coefficient (Wildman–Crippen LogP) is 0.265. The molecule has 0 aromatic heterocycles. The Morgan fingerprint density at radius 2 is 2.45 bits per heavy atom. The lowest BCUT2D eigenvalue weighted by Crippen LogP contribution is -2.43. The number of hydrogen-bond donors (Lipinski definition) is 2. The van der Waals surface area contributed by atoms with Gasteiger partial charge in [0.05, 0.1) is 5.03 Å². The van der Waals surface area contributed by atoms with E-state index in [1.807, 2.05) is 0 Å². The van der Waals surface area contributed by atoms with Crippen LogP contribution < -0.4 is 5.84 Å². The first-order valence-electron chi connectivity index (χ1n) is 2.92. The van der Waals surface area contributed by atoms with Crippen LogP contribution in [-0.2, 0) is 4.79 Å². The van der Waals surface area contributed by atoms with Gasteiger partial charge >= 0.3 is 5.97 Å². The Hall–Kier alpha value is -1.00. The van der Waals surface area contributed by atoms with E-state index in [2.05, 4.69) is 0 Å². The molecule has 0 spiro atoms. The van der Waals surface area contributed by atoms with Crippen molar-refractivity contribution in [2.75, 3.05) is 0 Å². The maximum atomic E-state index is 10.5. The smallest absolute Gasteiger partial charge is 0.333 e. The molecule has 1 unspecified atom stereocenters. The van der Waals surface area contributed by atoms with Gasteiger partial charge in [-0.2, -0.15) is 0 Å². The molecule has 3 N–H and O–H groups in total. The molecule has 1 rings (SSSR count). The second-order valence-electron chi connectivity index (χ2n) is 2.08. The number of carbonyl (C=O) groups is 1. The van der Waals surface area contributed by atoms with Crippen molar-refractivity contribution in [3.63, 3.8) is 0 Å². The molecular weight excluding hydrogens is 168 g/mol. The molecule has 11 heavy (non-hydrogen) atoms. The minimum absolute atomic E-state index is 0.211. The van der Waals surface area contributed by atoms with E-state index in [9.17, 15) is 4.79 Å². The fourth-order valence-corrected chi connectivity index (χ4v) is 1.08. The molecule has 0 aromatic rings. The number of aliphatic carboxylic acids is 1. The summed E-state index contributed by atoms with van der Waals surface area (Å²) in [6, 6.07) is -0.943. The van der Waals surface area contributed by atoms with E-state index in [-0.39, 0.29) is 5.03 Å². The molecule has 0 saturated carbocycles. The van der Waals surface area contributed by atoms with Crippen LogP contribution in [0.25, 0.3) is 0 Å². The molecule has 1 aliphatic heterocycles. The van der Waals surface area contributed by atoms with Crippen molar-refractivity contribution in [2.24, 2.45) is 5.84 Å². The van der Waals surface area contributed by atoms with Crippen LogP contribution in [-0.4, -0.2) is 22.1 Å². The number of hydrogen-bond acceptors (Lipinski definition) is 3. The number of nitrogens with two attached hydrogens (primary N) is 1. The molecule has 0 aromatic carbocycles. The summed E-state index contributed by atoms with van der Waals surface area (Å²) in [6.45, 7) is 0. The van der Waals surface area contributed by atoms with Gasteiger partial charge < -0.3 is 5.11 Å². The lowest BCUT2D eigenvalue weighted by molar-refractivity contribution is -0.140. The summed E-state index contributed by atoms with van der Waals surface area (Å²) in [6.07, 6.45) is 4.54. The van der Waals surface area contributed by atoms with Gasteiger partial charge in [-0.25, -0.2) is 10.6 Å². The Balaban J connectivity index is 2.86. The number of carboxylic acids is 1. The SMILES string of the molecule is NN1C=CC=C(Cl)C1C(=O)O. The number of halogens is 1. The quantitative estimate of drug-likeness (QED) is 0.560. The highest BCUT2D eigenvalue weighted by Gasteiger charge is 2.25. The minimum atomic E-state index is -1.06. The molecule has 0 saturated heterocycles. The summed E-state index contributed by atoms with van der Waals surface area (Å²) >= 11 is 5.58. The van der Waals surface area contributed by atoms with Crippen LogP contribution in [0.4, 0.5) is 0 Å².